The number of rotatable bonds is 3. The molecule has 0 saturated heterocycles. The van der Waals surface area contributed by atoms with Crippen molar-refractivity contribution >= 4 is 11.8 Å². The van der Waals surface area contributed by atoms with Gasteiger partial charge in [0.1, 0.15) is 5.82 Å². The molecule has 1 aliphatic rings. The predicted molar refractivity (Wildman–Crippen MR) is 64.4 cm³/mol. The minimum atomic E-state index is -2.65. The molecule has 0 radical (unpaired) electrons. The maximum Gasteiger partial charge on any atom is 0.356 e. The molecule has 1 aromatic heterocycles. The number of halogens is 2. The van der Waals surface area contributed by atoms with Gasteiger partial charge in [-0.3, -0.25) is 0 Å². The highest BCUT2D eigenvalue weighted by Gasteiger charge is 2.34. The molecule has 1 atom stereocenters. The number of nitrogens with zero attached hydrogens (tertiary/aromatic N) is 2. The zero-order valence-corrected chi connectivity index (χ0v) is 10.3. The van der Waals surface area contributed by atoms with Crippen LogP contribution in [-0.2, 0) is 0 Å². The van der Waals surface area contributed by atoms with Crippen LogP contribution in [0, 0.1) is 0 Å². The number of hydrogen-bond donors (Lipinski definition) is 2. The van der Waals surface area contributed by atoms with Crippen molar-refractivity contribution in [3.05, 3.63) is 18.1 Å². The lowest BCUT2D eigenvalue weighted by Crippen LogP contribution is -2.27. The summed E-state index contributed by atoms with van der Waals surface area (Å²) in [4.78, 5) is 18.2. The van der Waals surface area contributed by atoms with Gasteiger partial charge in [0, 0.05) is 18.9 Å². The Balaban J connectivity index is 2.01. The van der Waals surface area contributed by atoms with Gasteiger partial charge >= 0.3 is 5.97 Å². The number of hydrogen-bond acceptors (Lipinski definition) is 4. The summed E-state index contributed by atoms with van der Waals surface area (Å²) in [7, 11) is 0. The quantitative estimate of drug-likeness (QED) is 0.826. The Morgan fingerprint density at radius 1 is 1.37 bits per heavy atom. The van der Waals surface area contributed by atoms with E-state index in [1.807, 2.05) is 0 Å². The number of carbonyl (C=O) groups is 1. The highest BCUT2D eigenvalue weighted by atomic mass is 19.3. The molecule has 19 heavy (non-hydrogen) atoms. The molecule has 7 heteroatoms. The smallest absolute Gasteiger partial charge is 0.356 e. The van der Waals surface area contributed by atoms with E-state index in [-0.39, 0.29) is 24.6 Å². The van der Waals surface area contributed by atoms with Gasteiger partial charge in [0.05, 0.1) is 12.4 Å². The summed E-state index contributed by atoms with van der Waals surface area (Å²) in [5, 5.41) is 11.6. The molecule has 0 spiro atoms. The van der Waals surface area contributed by atoms with Crippen LogP contribution >= 0.6 is 0 Å². The van der Waals surface area contributed by atoms with Crippen molar-refractivity contribution in [3.8, 4) is 0 Å². The highest BCUT2D eigenvalue weighted by molar-refractivity contribution is 5.84. The Kier molecular flexibility index (Phi) is 3.92. The van der Waals surface area contributed by atoms with Crippen molar-refractivity contribution in [1.82, 2.24) is 9.97 Å². The number of aromatic nitrogens is 2. The lowest BCUT2D eigenvalue weighted by atomic mass is 10.1. The van der Waals surface area contributed by atoms with E-state index in [1.165, 1.54) is 6.20 Å². The number of anilines is 1. The first-order valence-corrected chi connectivity index (χ1v) is 6.16. The van der Waals surface area contributed by atoms with Gasteiger partial charge in [0.15, 0.2) is 5.69 Å². The van der Waals surface area contributed by atoms with E-state index in [9.17, 15) is 13.6 Å². The largest absolute Gasteiger partial charge is 0.476 e. The molecular formula is C12H15F2N3O2. The van der Waals surface area contributed by atoms with Gasteiger partial charge in [0.25, 0.3) is 0 Å². The Morgan fingerprint density at radius 2 is 2.16 bits per heavy atom. The minimum Gasteiger partial charge on any atom is -0.476 e. The molecule has 0 aliphatic heterocycles. The maximum absolute atomic E-state index is 13.4. The van der Waals surface area contributed by atoms with Crippen molar-refractivity contribution in [3.63, 3.8) is 0 Å². The first-order chi connectivity index (χ1) is 8.96. The van der Waals surface area contributed by atoms with Gasteiger partial charge in [-0.05, 0) is 12.8 Å². The summed E-state index contributed by atoms with van der Waals surface area (Å²) in [6.07, 6.45) is 3.98. The average molecular weight is 271 g/mol. The zero-order valence-electron chi connectivity index (χ0n) is 10.3. The molecule has 1 unspecified atom stereocenters. The molecule has 2 rings (SSSR count). The molecule has 1 fully saturated rings. The molecule has 1 heterocycles. The number of alkyl halides is 2. The molecule has 1 aliphatic carbocycles. The molecule has 1 saturated carbocycles. The number of aromatic carboxylic acids is 1. The molecule has 0 bridgehead atoms. The van der Waals surface area contributed by atoms with Gasteiger partial charge in [-0.1, -0.05) is 6.42 Å². The maximum atomic E-state index is 13.4. The summed E-state index contributed by atoms with van der Waals surface area (Å²) in [6.45, 7) is 0. The van der Waals surface area contributed by atoms with Crippen LogP contribution < -0.4 is 5.32 Å². The molecule has 104 valence electrons. The molecule has 2 N–H and O–H groups in total. The third kappa shape index (κ3) is 3.84. The number of carboxylic acid groups (broad SMARTS) is 1. The molecule has 0 aromatic carbocycles. The third-order valence-corrected chi connectivity index (χ3v) is 3.11. The summed E-state index contributed by atoms with van der Waals surface area (Å²) < 4.78 is 26.9. The monoisotopic (exact) mass is 271 g/mol. The van der Waals surface area contributed by atoms with Crippen LogP contribution in [0.4, 0.5) is 14.6 Å². The Morgan fingerprint density at radius 3 is 2.79 bits per heavy atom. The van der Waals surface area contributed by atoms with E-state index in [0.717, 1.165) is 12.6 Å². The normalized spacial score (nSPS) is 22.5. The summed E-state index contributed by atoms with van der Waals surface area (Å²) in [6, 6.07) is -0.359. The second kappa shape index (κ2) is 5.46. The third-order valence-electron chi connectivity index (χ3n) is 3.11. The van der Waals surface area contributed by atoms with Crippen molar-refractivity contribution in [2.45, 2.75) is 44.1 Å². The fraction of sp³-hybridized carbons (Fsp3) is 0.583. The van der Waals surface area contributed by atoms with Crippen molar-refractivity contribution in [2.24, 2.45) is 0 Å². The first kappa shape index (κ1) is 13.6. The number of carboxylic acids is 1. The molecule has 1 aromatic rings. The van der Waals surface area contributed by atoms with Crippen LogP contribution in [0.5, 0.6) is 0 Å². The van der Waals surface area contributed by atoms with Crippen molar-refractivity contribution in [2.75, 3.05) is 5.32 Å². The van der Waals surface area contributed by atoms with Gasteiger partial charge in [-0.2, -0.15) is 0 Å². The van der Waals surface area contributed by atoms with Crippen LogP contribution in [0.2, 0.25) is 0 Å². The van der Waals surface area contributed by atoms with Gasteiger partial charge < -0.3 is 10.4 Å². The zero-order chi connectivity index (χ0) is 13.9. The van der Waals surface area contributed by atoms with E-state index >= 15 is 0 Å². The fourth-order valence-corrected chi connectivity index (χ4v) is 2.18. The minimum absolute atomic E-state index is 0.0746. The van der Waals surface area contributed by atoms with Gasteiger partial charge in [0.2, 0.25) is 5.92 Å². The molecular weight excluding hydrogens is 256 g/mol. The SMILES string of the molecule is O=C(O)c1cnc(NC2CCCCC(F)(F)C2)cn1. The van der Waals surface area contributed by atoms with Crippen LogP contribution in [0.15, 0.2) is 12.4 Å². The highest BCUT2D eigenvalue weighted by Crippen LogP contribution is 2.32. The Bertz CT molecular complexity index is 451. The van der Waals surface area contributed by atoms with Crippen molar-refractivity contribution in [1.29, 1.82) is 0 Å². The topological polar surface area (TPSA) is 75.1 Å². The standard InChI is InChI=1S/C12H15F2N3O2/c13-12(14)4-2-1-3-8(5-12)17-10-7-15-9(6-16-10)11(18)19/h6-8H,1-5H2,(H,16,17)(H,18,19). The predicted octanol–water partition coefficient (Wildman–Crippen LogP) is 2.55. The lowest BCUT2D eigenvalue weighted by molar-refractivity contribution is -0.0159. The second-order valence-electron chi connectivity index (χ2n) is 4.74. The second-order valence-corrected chi connectivity index (χ2v) is 4.74. The fourth-order valence-electron chi connectivity index (χ4n) is 2.18. The van der Waals surface area contributed by atoms with Crippen molar-refractivity contribution < 1.29 is 18.7 Å². The lowest BCUT2D eigenvalue weighted by Gasteiger charge is -2.21. The first-order valence-electron chi connectivity index (χ1n) is 6.16. The van der Waals surface area contributed by atoms with Crippen LogP contribution in [0.3, 0.4) is 0 Å². The van der Waals surface area contributed by atoms with E-state index in [2.05, 4.69) is 15.3 Å². The van der Waals surface area contributed by atoms with Crippen LogP contribution in [0.25, 0.3) is 0 Å². The summed E-state index contributed by atoms with van der Waals surface area (Å²) in [5.74, 6) is -3.49. The van der Waals surface area contributed by atoms with Gasteiger partial charge in [-0.15, -0.1) is 0 Å². The molecule has 5 nitrogen and oxygen atoms in total. The van der Waals surface area contributed by atoms with Crippen LogP contribution in [0.1, 0.15) is 42.6 Å². The van der Waals surface area contributed by atoms with E-state index in [1.54, 1.807) is 0 Å². The van der Waals surface area contributed by atoms with Gasteiger partial charge in [-0.25, -0.2) is 23.5 Å². The Hall–Kier alpha value is -1.79. The van der Waals surface area contributed by atoms with E-state index in [0.29, 0.717) is 18.7 Å². The molecule has 0 amide bonds. The number of nitrogens with one attached hydrogen (secondary N) is 1. The average Bonchev–Trinajstić information content (AvgIpc) is 2.50. The van der Waals surface area contributed by atoms with E-state index in [4.69, 9.17) is 5.11 Å². The Labute approximate surface area is 109 Å². The summed E-state index contributed by atoms with van der Waals surface area (Å²) >= 11 is 0. The van der Waals surface area contributed by atoms with E-state index < -0.39 is 11.9 Å². The van der Waals surface area contributed by atoms with Crippen LogP contribution in [-0.4, -0.2) is 33.0 Å². The summed E-state index contributed by atoms with van der Waals surface area (Å²) in [5.41, 5.74) is -0.170.